The van der Waals surface area contributed by atoms with E-state index in [1.54, 1.807) is 38.1 Å². The van der Waals surface area contributed by atoms with E-state index in [-0.39, 0.29) is 32.3 Å². The minimum absolute atomic E-state index is 0.0219. The molecule has 1 amide bonds. The normalized spacial score (nSPS) is 14.6. The third-order valence-corrected chi connectivity index (χ3v) is 4.89. The summed E-state index contributed by atoms with van der Waals surface area (Å²) < 4.78 is 22.5. The predicted molar refractivity (Wildman–Crippen MR) is 129 cm³/mol. The SMILES string of the molecule is CCO[C@H](OC(COCc1ccccc1)[C@@H](O)COCC(=O)O)C(C)NC(=O)c1cccc(N)c1. The van der Waals surface area contributed by atoms with Gasteiger partial charge in [0.1, 0.15) is 18.8 Å². The van der Waals surface area contributed by atoms with Gasteiger partial charge in [-0.25, -0.2) is 4.79 Å². The molecular formula is C25H34N2O8. The molecule has 0 fully saturated rings. The van der Waals surface area contributed by atoms with Crippen LogP contribution in [0.4, 0.5) is 5.69 Å². The Hall–Kier alpha value is -3.02. The summed E-state index contributed by atoms with van der Waals surface area (Å²) in [6.45, 7) is 3.18. The average Bonchev–Trinajstić information content (AvgIpc) is 2.83. The van der Waals surface area contributed by atoms with Gasteiger partial charge in [0.15, 0.2) is 6.29 Å². The highest BCUT2D eigenvalue weighted by molar-refractivity contribution is 5.95. The zero-order valence-electron chi connectivity index (χ0n) is 20.0. The number of carbonyl (C=O) groups excluding carboxylic acids is 1. The van der Waals surface area contributed by atoms with Crippen molar-refractivity contribution in [1.29, 1.82) is 0 Å². The number of aliphatic carboxylic acids is 1. The maximum Gasteiger partial charge on any atom is 0.329 e. The second-order valence-corrected chi connectivity index (χ2v) is 7.86. The van der Waals surface area contributed by atoms with E-state index in [9.17, 15) is 14.7 Å². The first-order chi connectivity index (χ1) is 16.8. The van der Waals surface area contributed by atoms with Crippen molar-refractivity contribution >= 4 is 17.6 Å². The summed E-state index contributed by atoms with van der Waals surface area (Å²) in [5.41, 5.74) is 7.55. The average molecular weight is 491 g/mol. The molecule has 0 saturated heterocycles. The predicted octanol–water partition coefficient (Wildman–Crippen LogP) is 1.81. The number of benzene rings is 2. The van der Waals surface area contributed by atoms with E-state index < -0.39 is 37.1 Å². The smallest absolute Gasteiger partial charge is 0.329 e. The summed E-state index contributed by atoms with van der Waals surface area (Å²) in [5.74, 6) is -1.51. The highest BCUT2D eigenvalue weighted by Gasteiger charge is 2.29. The maximum absolute atomic E-state index is 12.6. The number of anilines is 1. The number of aliphatic hydroxyl groups excluding tert-OH is 1. The van der Waals surface area contributed by atoms with Crippen LogP contribution >= 0.6 is 0 Å². The molecule has 0 heterocycles. The summed E-state index contributed by atoms with van der Waals surface area (Å²) in [4.78, 5) is 23.4. The summed E-state index contributed by atoms with van der Waals surface area (Å²) >= 11 is 0. The number of carboxylic acid groups (broad SMARTS) is 1. The number of carboxylic acids is 1. The fourth-order valence-corrected chi connectivity index (χ4v) is 3.16. The van der Waals surface area contributed by atoms with Crippen LogP contribution in [0.1, 0.15) is 29.8 Å². The van der Waals surface area contributed by atoms with Gasteiger partial charge in [-0.15, -0.1) is 0 Å². The van der Waals surface area contributed by atoms with E-state index in [0.717, 1.165) is 5.56 Å². The molecule has 0 aliphatic heterocycles. The lowest BCUT2D eigenvalue weighted by molar-refractivity contribution is -0.217. The van der Waals surface area contributed by atoms with E-state index >= 15 is 0 Å². The lowest BCUT2D eigenvalue weighted by atomic mass is 10.1. The van der Waals surface area contributed by atoms with Crippen LogP contribution in [-0.4, -0.2) is 73.1 Å². The second-order valence-electron chi connectivity index (χ2n) is 7.86. The van der Waals surface area contributed by atoms with Gasteiger partial charge in [-0.2, -0.15) is 0 Å². The van der Waals surface area contributed by atoms with Gasteiger partial charge in [-0.3, -0.25) is 4.79 Å². The number of rotatable bonds is 16. The molecule has 0 aromatic heterocycles. The highest BCUT2D eigenvalue weighted by atomic mass is 16.7. The van der Waals surface area contributed by atoms with Gasteiger partial charge in [-0.1, -0.05) is 36.4 Å². The fraction of sp³-hybridized carbons (Fsp3) is 0.440. The Kier molecular flexibility index (Phi) is 12.2. The molecular weight excluding hydrogens is 456 g/mol. The molecule has 4 atom stereocenters. The Balaban J connectivity index is 2.05. The van der Waals surface area contributed by atoms with Crippen LogP contribution in [0.3, 0.4) is 0 Å². The summed E-state index contributed by atoms with van der Waals surface area (Å²) in [5, 5.41) is 22.2. The minimum Gasteiger partial charge on any atom is -0.480 e. The van der Waals surface area contributed by atoms with Crippen LogP contribution in [0, 0.1) is 0 Å². The molecule has 2 aromatic carbocycles. The first-order valence-electron chi connectivity index (χ1n) is 11.3. The monoisotopic (exact) mass is 490 g/mol. The zero-order valence-corrected chi connectivity index (χ0v) is 20.0. The third kappa shape index (κ3) is 10.4. The number of hydrogen-bond acceptors (Lipinski definition) is 8. The van der Waals surface area contributed by atoms with Crippen molar-refractivity contribution in [2.75, 3.05) is 32.2 Å². The summed E-state index contributed by atoms with van der Waals surface area (Å²) in [6, 6.07) is 15.4. The Morgan fingerprint density at radius 2 is 1.80 bits per heavy atom. The summed E-state index contributed by atoms with van der Waals surface area (Å²) in [6.07, 6.45) is -3.05. The topological polar surface area (TPSA) is 150 Å². The molecule has 0 spiro atoms. The van der Waals surface area contributed by atoms with Gasteiger partial charge >= 0.3 is 5.97 Å². The molecule has 35 heavy (non-hydrogen) atoms. The van der Waals surface area contributed by atoms with Gasteiger partial charge in [-0.05, 0) is 37.6 Å². The van der Waals surface area contributed by atoms with Gasteiger partial charge in [0, 0.05) is 17.9 Å². The molecule has 5 N–H and O–H groups in total. The van der Waals surface area contributed by atoms with Gasteiger partial charge < -0.3 is 40.2 Å². The van der Waals surface area contributed by atoms with Crippen molar-refractivity contribution in [3.05, 3.63) is 65.7 Å². The molecule has 0 bridgehead atoms. The molecule has 0 aliphatic carbocycles. The quantitative estimate of drug-likeness (QED) is 0.204. The molecule has 10 nitrogen and oxygen atoms in total. The van der Waals surface area contributed by atoms with E-state index in [1.807, 2.05) is 30.3 Å². The van der Waals surface area contributed by atoms with E-state index in [0.29, 0.717) is 11.3 Å². The molecule has 2 unspecified atom stereocenters. The summed E-state index contributed by atoms with van der Waals surface area (Å²) in [7, 11) is 0. The van der Waals surface area contributed by atoms with Crippen LogP contribution < -0.4 is 11.1 Å². The van der Waals surface area contributed by atoms with Crippen molar-refractivity contribution in [3.63, 3.8) is 0 Å². The van der Waals surface area contributed by atoms with Crippen molar-refractivity contribution in [3.8, 4) is 0 Å². The first-order valence-corrected chi connectivity index (χ1v) is 11.3. The van der Waals surface area contributed by atoms with Crippen LogP contribution in [0.5, 0.6) is 0 Å². The van der Waals surface area contributed by atoms with Gasteiger partial charge in [0.05, 0.1) is 25.9 Å². The van der Waals surface area contributed by atoms with Gasteiger partial charge in [0.2, 0.25) is 0 Å². The minimum atomic E-state index is -1.20. The number of nitrogens with two attached hydrogens (primary N) is 1. The Morgan fingerprint density at radius 3 is 2.46 bits per heavy atom. The standard InChI is InChI=1S/C25H34N2O8/c1-3-34-25(17(2)27-24(31)19-10-7-11-20(26)12-19)35-22(21(28)14-33-16-23(29)30)15-32-13-18-8-5-4-6-9-18/h4-12,17,21-22,25,28H,3,13-16,26H2,1-2H3,(H,27,31)(H,29,30)/t17?,21-,22?,25+/m0/s1. The second kappa shape index (κ2) is 15.1. The van der Waals surface area contributed by atoms with Crippen molar-refractivity contribution in [2.24, 2.45) is 0 Å². The number of nitrogens with one attached hydrogen (secondary N) is 1. The number of hydrogen-bond donors (Lipinski definition) is 4. The lowest BCUT2D eigenvalue weighted by Crippen LogP contribution is -2.48. The number of aliphatic hydroxyl groups is 1. The fourth-order valence-electron chi connectivity index (χ4n) is 3.16. The van der Waals surface area contributed by atoms with Crippen LogP contribution in [0.2, 0.25) is 0 Å². The largest absolute Gasteiger partial charge is 0.480 e. The Morgan fingerprint density at radius 1 is 1.06 bits per heavy atom. The van der Waals surface area contributed by atoms with Crippen molar-refractivity contribution in [2.45, 2.75) is 45.0 Å². The number of ether oxygens (including phenoxy) is 4. The third-order valence-electron chi connectivity index (χ3n) is 4.89. The lowest BCUT2D eigenvalue weighted by Gasteiger charge is -2.31. The molecule has 2 aromatic rings. The van der Waals surface area contributed by atoms with Crippen molar-refractivity contribution in [1.82, 2.24) is 5.32 Å². The first kappa shape index (κ1) is 28.2. The molecule has 0 radical (unpaired) electrons. The molecule has 192 valence electrons. The molecule has 10 heteroatoms. The molecule has 0 aliphatic rings. The number of carbonyl (C=O) groups is 2. The number of nitrogen functional groups attached to an aromatic ring is 1. The van der Waals surface area contributed by atoms with E-state index in [4.69, 9.17) is 29.8 Å². The molecule has 0 saturated carbocycles. The van der Waals surface area contributed by atoms with Crippen LogP contribution in [0.25, 0.3) is 0 Å². The van der Waals surface area contributed by atoms with Gasteiger partial charge in [0.25, 0.3) is 5.91 Å². The van der Waals surface area contributed by atoms with Crippen LogP contribution in [0.15, 0.2) is 54.6 Å². The van der Waals surface area contributed by atoms with Crippen LogP contribution in [-0.2, 0) is 30.3 Å². The van der Waals surface area contributed by atoms with E-state index in [1.165, 1.54) is 0 Å². The maximum atomic E-state index is 12.6. The number of amides is 1. The zero-order chi connectivity index (χ0) is 25.6. The van der Waals surface area contributed by atoms with E-state index in [2.05, 4.69) is 5.32 Å². The highest BCUT2D eigenvalue weighted by Crippen LogP contribution is 2.13. The Labute approximate surface area is 204 Å². The van der Waals surface area contributed by atoms with Crippen molar-refractivity contribution < 1.29 is 38.7 Å². The molecule has 2 rings (SSSR count). The Bertz CT molecular complexity index is 911.